The van der Waals surface area contributed by atoms with E-state index in [4.69, 9.17) is 9.84 Å². The molecule has 2 aliphatic carbocycles. The van der Waals surface area contributed by atoms with Crippen LogP contribution in [0.1, 0.15) is 83.5 Å². The van der Waals surface area contributed by atoms with E-state index < -0.39 is 54.0 Å². The smallest absolute Gasteiger partial charge is 0.329 e. The van der Waals surface area contributed by atoms with Gasteiger partial charge in [-0.3, -0.25) is 14.4 Å². The van der Waals surface area contributed by atoms with Crippen LogP contribution in [-0.4, -0.2) is 130 Å². The molecule has 0 aromatic carbocycles. The van der Waals surface area contributed by atoms with Crippen LogP contribution < -0.4 is 32.1 Å². The van der Waals surface area contributed by atoms with E-state index in [2.05, 4.69) is 32.1 Å². The van der Waals surface area contributed by atoms with Gasteiger partial charge in [0.1, 0.15) is 24.2 Å². The van der Waals surface area contributed by atoms with Crippen molar-refractivity contribution in [3.05, 3.63) is 0 Å². The minimum atomic E-state index is -1.34. The number of hydrazine groups is 2. The highest BCUT2D eigenvalue weighted by Gasteiger charge is 2.62. The molecule has 4 aliphatic heterocycles. The molecule has 50 heavy (non-hydrogen) atoms. The summed E-state index contributed by atoms with van der Waals surface area (Å²) in [6, 6.07) is -2.85. The average Bonchev–Trinajstić information content (AvgIpc) is 3.56. The molecule has 0 aromatic heterocycles. The first kappa shape index (κ1) is 37.1. The number of hydrogen-bond donors (Lipinski definition) is 8. The summed E-state index contributed by atoms with van der Waals surface area (Å²) in [6.45, 7) is 0.500. The first-order chi connectivity index (χ1) is 24.1. The van der Waals surface area contributed by atoms with Crippen molar-refractivity contribution in [1.29, 1.82) is 0 Å². The lowest BCUT2D eigenvalue weighted by atomic mass is 9.80. The number of carbonyl (C=O) groups excluding carboxylic acids is 3. The van der Waals surface area contributed by atoms with Crippen LogP contribution in [0.25, 0.3) is 0 Å². The van der Waals surface area contributed by atoms with E-state index in [-0.39, 0.29) is 48.5 Å². The molecular weight excluding hydrogens is 668 g/mol. The van der Waals surface area contributed by atoms with Crippen LogP contribution in [0.15, 0.2) is 0 Å². The topological polar surface area (TPSA) is 214 Å². The van der Waals surface area contributed by atoms with Crippen LogP contribution >= 0.6 is 11.8 Å². The average molecular weight is 723 g/mol. The molecule has 0 aromatic rings. The van der Waals surface area contributed by atoms with Crippen LogP contribution in [-0.2, 0) is 23.9 Å². The molecule has 3 unspecified atom stereocenters. The van der Waals surface area contributed by atoms with Gasteiger partial charge in [0.2, 0.25) is 11.8 Å². The van der Waals surface area contributed by atoms with Crippen molar-refractivity contribution in [1.82, 2.24) is 42.1 Å². The number of nitrogens with one attached hydrogen (secondary N) is 6. The fraction of sp³-hybridized carbons (Fsp3) is 0.848. The van der Waals surface area contributed by atoms with Crippen LogP contribution in [0, 0.1) is 11.8 Å². The maximum atomic E-state index is 14.4. The van der Waals surface area contributed by atoms with E-state index in [1.54, 1.807) is 7.11 Å². The SMILES string of the molecule is COC1CCC(C2NN([C@@H]3C[C@H]4C(=O)N[C@@]5(C(=O)O)C[C@H]5CCCCCCC[C@@H](NC(=O)NCC(=O)O)C(=O)N4C3)NC2C2NCCS2)CC1. The van der Waals surface area contributed by atoms with Crippen molar-refractivity contribution >= 4 is 41.5 Å². The molecule has 0 radical (unpaired) electrons. The Balaban J connectivity index is 1.24. The van der Waals surface area contributed by atoms with Crippen LogP contribution in [0.3, 0.4) is 0 Å². The highest BCUT2D eigenvalue weighted by Crippen LogP contribution is 2.47. The maximum Gasteiger partial charge on any atom is 0.329 e. The molecule has 6 aliphatic rings. The van der Waals surface area contributed by atoms with E-state index in [1.165, 1.54) is 4.90 Å². The van der Waals surface area contributed by atoms with E-state index in [1.807, 2.05) is 16.9 Å². The Labute approximate surface area is 297 Å². The molecule has 8 atom stereocenters. The predicted molar refractivity (Wildman–Crippen MR) is 183 cm³/mol. The standard InChI is InChI=1S/C33H54N8O8S/c1-49-22-11-9-19(10-12-22)26-27(29-34-13-14-50-29)39-41(38-26)21-15-24-28(44)37-33(31(46)47)16-20(33)7-5-3-2-4-6-8-23(30(45)40(24)18-21)36-32(48)35-17-25(42)43/h19-24,26-27,29,34,38-39H,2-18H2,1H3,(H,37,44)(H,42,43)(H,46,47)(H2,35,36,48)/t19?,20-,21-,22?,23-,24+,26?,27?,29?,33+/m1/s1. The van der Waals surface area contributed by atoms with Gasteiger partial charge in [0.25, 0.3) is 0 Å². The van der Waals surface area contributed by atoms with Gasteiger partial charge in [-0.15, -0.1) is 11.8 Å². The summed E-state index contributed by atoms with van der Waals surface area (Å²) in [4.78, 5) is 66.3. The van der Waals surface area contributed by atoms with Crippen molar-refractivity contribution in [3.8, 4) is 0 Å². The lowest BCUT2D eigenvalue weighted by molar-refractivity contribution is -0.145. The second kappa shape index (κ2) is 16.3. The second-order valence-electron chi connectivity index (χ2n) is 14.9. The monoisotopic (exact) mass is 722 g/mol. The van der Waals surface area contributed by atoms with Gasteiger partial charge in [-0.2, -0.15) is 5.12 Å². The lowest BCUT2D eigenvalue weighted by Crippen LogP contribution is -2.57. The molecule has 4 saturated heterocycles. The van der Waals surface area contributed by atoms with Gasteiger partial charge < -0.3 is 41.1 Å². The Hall–Kier alpha value is -2.70. The molecule has 0 spiro atoms. The lowest BCUT2D eigenvalue weighted by Gasteiger charge is -2.35. The Kier molecular flexibility index (Phi) is 12.1. The zero-order valence-electron chi connectivity index (χ0n) is 28.9. The number of carbonyl (C=O) groups is 5. The molecule has 6 rings (SSSR count). The van der Waals surface area contributed by atoms with Crippen LogP contribution in [0.5, 0.6) is 0 Å². The normalized spacial score (nSPS) is 38.7. The summed E-state index contributed by atoms with van der Waals surface area (Å²) in [5.74, 6) is -1.95. The number of fused-ring (bicyclic) bond motifs is 2. The Bertz CT molecular complexity index is 1270. The number of aliphatic carboxylic acids is 2. The summed E-state index contributed by atoms with van der Waals surface area (Å²) >= 11 is 1.88. The third kappa shape index (κ3) is 8.33. The van der Waals surface area contributed by atoms with Gasteiger partial charge in [-0.1, -0.05) is 32.1 Å². The van der Waals surface area contributed by atoms with Gasteiger partial charge in [0.05, 0.1) is 23.6 Å². The van der Waals surface area contributed by atoms with Gasteiger partial charge in [0, 0.05) is 32.0 Å². The summed E-state index contributed by atoms with van der Waals surface area (Å²) < 4.78 is 5.64. The molecular formula is C33H54N8O8S. The first-order valence-electron chi connectivity index (χ1n) is 18.4. The van der Waals surface area contributed by atoms with Crippen molar-refractivity contribution in [3.63, 3.8) is 0 Å². The minimum absolute atomic E-state index is 0.0732. The molecule has 4 amide bonds. The predicted octanol–water partition coefficient (Wildman–Crippen LogP) is 0.342. The van der Waals surface area contributed by atoms with Gasteiger partial charge in [-0.05, 0) is 63.2 Å². The third-order valence-corrected chi connectivity index (χ3v) is 13.0. The largest absolute Gasteiger partial charge is 0.480 e. The summed E-state index contributed by atoms with van der Waals surface area (Å²) in [5, 5.41) is 32.9. The van der Waals surface area contributed by atoms with Crippen molar-refractivity contribution in [2.24, 2.45) is 11.8 Å². The summed E-state index contributed by atoms with van der Waals surface area (Å²) in [5.41, 5.74) is 6.11. The number of nitrogens with zero attached hydrogens (tertiary/aromatic N) is 2. The number of carboxylic acid groups (broad SMARTS) is 2. The number of ether oxygens (including phenoxy) is 1. The highest BCUT2D eigenvalue weighted by molar-refractivity contribution is 8.00. The highest BCUT2D eigenvalue weighted by atomic mass is 32.2. The Morgan fingerprint density at radius 1 is 0.980 bits per heavy atom. The van der Waals surface area contributed by atoms with Gasteiger partial charge in [0.15, 0.2) is 0 Å². The maximum absolute atomic E-state index is 14.4. The molecule has 4 heterocycles. The minimum Gasteiger partial charge on any atom is -0.480 e. The number of hydrogen-bond acceptors (Lipinski definition) is 11. The number of carboxylic acids is 2. The zero-order chi connectivity index (χ0) is 35.4. The fourth-order valence-corrected chi connectivity index (χ4v) is 9.94. The van der Waals surface area contributed by atoms with Gasteiger partial charge in [-0.25, -0.2) is 20.4 Å². The second-order valence-corrected chi connectivity index (χ2v) is 16.1. The third-order valence-electron chi connectivity index (χ3n) is 11.7. The quantitative estimate of drug-likeness (QED) is 0.170. The number of methoxy groups -OCH3 is 1. The van der Waals surface area contributed by atoms with Crippen LogP contribution in [0.2, 0.25) is 0 Å². The van der Waals surface area contributed by atoms with Crippen molar-refractivity contribution < 1.29 is 38.9 Å². The Morgan fingerprint density at radius 2 is 1.70 bits per heavy atom. The molecule has 6 fully saturated rings. The summed E-state index contributed by atoms with van der Waals surface area (Å²) in [7, 11) is 1.77. The van der Waals surface area contributed by atoms with Crippen molar-refractivity contribution in [2.45, 2.75) is 131 Å². The number of urea groups is 1. The molecule has 2 saturated carbocycles. The van der Waals surface area contributed by atoms with E-state index in [9.17, 15) is 29.1 Å². The first-order valence-corrected chi connectivity index (χ1v) is 19.5. The molecule has 280 valence electrons. The summed E-state index contributed by atoms with van der Waals surface area (Å²) in [6.07, 6.45) is 10.1. The zero-order valence-corrected chi connectivity index (χ0v) is 29.7. The molecule has 17 heteroatoms. The fourth-order valence-electron chi connectivity index (χ4n) is 8.78. The van der Waals surface area contributed by atoms with E-state index in [0.29, 0.717) is 31.6 Å². The number of rotatable bonds is 8. The molecule has 16 nitrogen and oxygen atoms in total. The van der Waals surface area contributed by atoms with Crippen LogP contribution in [0.4, 0.5) is 4.79 Å². The molecule has 0 bridgehead atoms. The molecule has 8 N–H and O–H groups in total. The Morgan fingerprint density at radius 3 is 2.38 bits per heavy atom. The number of thioether (sulfide) groups is 1. The van der Waals surface area contributed by atoms with Gasteiger partial charge >= 0.3 is 18.0 Å². The van der Waals surface area contributed by atoms with E-state index >= 15 is 0 Å². The number of amides is 4. The van der Waals surface area contributed by atoms with E-state index in [0.717, 1.165) is 63.7 Å². The van der Waals surface area contributed by atoms with Crippen molar-refractivity contribution in [2.75, 3.05) is 32.5 Å².